The number of hydrogen-bond donors (Lipinski definition) is 1. The van der Waals surface area contributed by atoms with Gasteiger partial charge >= 0.3 is 0 Å². The molecule has 4 heteroatoms. The number of aromatic nitrogens is 1. The summed E-state index contributed by atoms with van der Waals surface area (Å²) in [6.45, 7) is 2.06. The Morgan fingerprint density at radius 2 is 1.89 bits per heavy atom. The predicted molar refractivity (Wildman–Crippen MR) is 80.0 cm³/mol. The highest BCUT2D eigenvalue weighted by Crippen LogP contribution is 2.36. The summed E-state index contributed by atoms with van der Waals surface area (Å²) in [5, 5.41) is 4.88. The molecule has 0 unspecified atom stereocenters. The van der Waals surface area contributed by atoms with E-state index >= 15 is 0 Å². The van der Waals surface area contributed by atoms with Gasteiger partial charge in [0.05, 0.1) is 5.69 Å². The number of thiazole rings is 1. The van der Waals surface area contributed by atoms with Crippen molar-refractivity contribution in [3.63, 3.8) is 0 Å². The smallest absolute Gasteiger partial charge is 0.180 e. The van der Waals surface area contributed by atoms with E-state index in [1.54, 1.807) is 11.3 Å². The summed E-state index contributed by atoms with van der Waals surface area (Å²) in [7, 11) is 0. The molecule has 2 aromatic heterocycles. The Morgan fingerprint density at radius 1 is 1.11 bits per heavy atom. The first kappa shape index (κ1) is 11.4. The van der Waals surface area contributed by atoms with Crippen LogP contribution < -0.4 is 5.73 Å². The van der Waals surface area contributed by atoms with Crippen LogP contribution in [0.25, 0.3) is 22.4 Å². The van der Waals surface area contributed by atoms with E-state index in [0.29, 0.717) is 5.13 Å². The van der Waals surface area contributed by atoms with Gasteiger partial charge in [0.1, 0.15) is 0 Å². The van der Waals surface area contributed by atoms with Crippen molar-refractivity contribution in [1.29, 1.82) is 0 Å². The molecule has 0 bridgehead atoms. The Bertz CT molecular complexity index is 669. The number of rotatable bonds is 2. The second-order valence-corrected chi connectivity index (χ2v) is 6.03. The van der Waals surface area contributed by atoms with E-state index in [2.05, 4.69) is 46.9 Å². The zero-order valence-corrected chi connectivity index (χ0v) is 11.5. The molecule has 0 aliphatic heterocycles. The molecule has 0 aliphatic carbocycles. The minimum absolute atomic E-state index is 0.627. The van der Waals surface area contributed by atoms with Crippen molar-refractivity contribution in [3.05, 3.63) is 46.0 Å². The molecule has 0 atom stereocenters. The number of nitrogens with two attached hydrogens (primary N) is 1. The standard InChI is InChI=1S/C14H12N2S2/c1-9-13(16-14(15)18-9)12-5-3-2-4-11(12)10-6-7-17-8-10/h2-8H,1H3,(H2,15,16). The molecule has 90 valence electrons. The molecule has 18 heavy (non-hydrogen) atoms. The van der Waals surface area contributed by atoms with Crippen molar-refractivity contribution in [2.75, 3.05) is 5.73 Å². The van der Waals surface area contributed by atoms with E-state index in [-0.39, 0.29) is 0 Å². The summed E-state index contributed by atoms with van der Waals surface area (Å²) >= 11 is 3.24. The van der Waals surface area contributed by atoms with Crippen LogP contribution in [0, 0.1) is 6.92 Å². The Hall–Kier alpha value is -1.65. The summed E-state index contributed by atoms with van der Waals surface area (Å²) in [5.74, 6) is 0. The highest BCUT2D eigenvalue weighted by atomic mass is 32.1. The first-order chi connectivity index (χ1) is 8.75. The fraction of sp³-hybridized carbons (Fsp3) is 0.0714. The summed E-state index contributed by atoms with van der Waals surface area (Å²) in [6, 6.07) is 10.5. The number of benzene rings is 1. The Kier molecular flexibility index (Phi) is 2.89. The minimum Gasteiger partial charge on any atom is -0.375 e. The average molecular weight is 272 g/mol. The molecule has 3 aromatic rings. The van der Waals surface area contributed by atoms with Gasteiger partial charge in [-0.2, -0.15) is 11.3 Å². The second-order valence-electron chi connectivity index (χ2n) is 4.01. The predicted octanol–water partition coefficient (Wildman–Crippen LogP) is 4.43. The molecule has 0 spiro atoms. The lowest BCUT2D eigenvalue weighted by Crippen LogP contribution is -1.87. The molecule has 2 nitrogen and oxygen atoms in total. The maximum absolute atomic E-state index is 5.79. The van der Waals surface area contributed by atoms with Crippen LogP contribution in [0.5, 0.6) is 0 Å². The highest BCUT2D eigenvalue weighted by molar-refractivity contribution is 7.15. The molecule has 3 rings (SSSR count). The van der Waals surface area contributed by atoms with Crippen molar-refractivity contribution in [2.45, 2.75) is 6.92 Å². The molecular weight excluding hydrogens is 260 g/mol. The minimum atomic E-state index is 0.627. The third-order valence-corrected chi connectivity index (χ3v) is 4.31. The van der Waals surface area contributed by atoms with Crippen molar-refractivity contribution in [2.24, 2.45) is 0 Å². The van der Waals surface area contributed by atoms with Crippen LogP contribution in [-0.2, 0) is 0 Å². The molecular formula is C14H12N2S2. The van der Waals surface area contributed by atoms with E-state index in [1.165, 1.54) is 22.5 Å². The highest BCUT2D eigenvalue weighted by Gasteiger charge is 2.13. The van der Waals surface area contributed by atoms with Gasteiger partial charge in [0.2, 0.25) is 0 Å². The maximum Gasteiger partial charge on any atom is 0.180 e. The van der Waals surface area contributed by atoms with E-state index in [0.717, 1.165) is 16.1 Å². The fourth-order valence-corrected chi connectivity index (χ4v) is 3.38. The van der Waals surface area contributed by atoms with Gasteiger partial charge in [-0.05, 0) is 34.9 Å². The largest absolute Gasteiger partial charge is 0.375 e. The normalized spacial score (nSPS) is 10.7. The number of hydrogen-bond acceptors (Lipinski definition) is 4. The number of nitrogens with zero attached hydrogens (tertiary/aromatic N) is 1. The van der Waals surface area contributed by atoms with Gasteiger partial charge < -0.3 is 5.73 Å². The van der Waals surface area contributed by atoms with Crippen molar-refractivity contribution in [1.82, 2.24) is 4.98 Å². The average Bonchev–Trinajstić information content (AvgIpc) is 2.99. The molecule has 2 heterocycles. The number of aryl methyl sites for hydroxylation is 1. The van der Waals surface area contributed by atoms with Gasteiger partial charge in [-0.15, -0.1) is 11.3 Å². The number of anilines is 1. The van der Waals surface area contributed by atoms with E-state index in [4.69, 9.17) is 5.73 Å². The maximum atomic E-state index is 5.79. The van der Waals surface area contributed by atoms with Crippen molar-refractivity contribution in [3.8, 4) is 22.4 Å². The third kappa shape index (κ3) is 1.94. The van der Waals surface area contributed by atoms with E-state index < -0.39 is 0 Å². The lowest BCUT2D eigenvalue weighted by atomic mass is 9.99. The van der Waals surface area contributed by atoms with Crippen LogP contribution in [-0.4, -0.2) is 4.98 Å². The molecule has 0 radical (unpaired) electrons. The second kappa shape index (κ2) is 4.55. The Morgan fingerprint density at radius 3 is 2.50 bits per heavy atom. The third-order valence-electron chi connectivity index (χ3n) is 2.83. The number of thiophene rings is 1. The van der Waals surface area contributed by atoms with Gasteiger partial charge in [0, 0.05) is 10.4 Å². The zero-order valence-electron chi connectivity index (χ0n) is 9.88. The van der Waals surface area contributed by atoms with Crippen LogP contribution in [0.3, 0.4) is 0 Å². The lowest BCUT2D eigenvalue weighted by molar-refractivity contribution is 1.38. The first-order valence-electron chi connectivity index (χ1n) is 5.60. The Balaban J connectivity index is 2.21. The topological polar surface area (TPSA) is 38.9 Å². The van der Waals surface area contributed by atoms with Gasteiger partial charge in [0.25, 0.3) is 0 Å². The van der Waals surface area contributed by atoms with Crippen LogP contribution in [0.4, 0.5) is 5.13 Å². The monoisotopic (exact) mass is 272 g/mol. The molecule has 0 aliphatic rings. The SMILES string of the molecule is Cc1sc(N)nc1-c1ccccc1-c1ccsc1. The molecule has 0 fully saturated rings. The molecule has 0 saturated carbocycles. The summed E-state index contributed by atoms with van der Waals surface area (Å²) < 4.78 is 0. The van der Waals surface area contributed by atoms with Crippen LogP contribution in [0.15, 0.2) is 41.1 Å². The zero-order chi connectivity index (χ0) is 12.5. The summed E-state index contributed by atoms with van der Waals surface area (Å²) in [6.07, 6.45) is 0. The molecule has 0 saturated heterocycles. The van der Waals surface area contributed by atoms with Crippen LogP contribution >= 0.6 is 22.7 Å². The summed E-state index contributed by atoms with van der Waals surface area (Å²) in [4.78, 5) is 5.61. The van der Waals surface area contributed by atoms with Crippen molar-refractivity contribution >= 4 is 27.8 Å². The molecule has 1 aromatic carbocycles. The molecule has 2 N–H and O–H groups in total. The molecule has 0 amide bonds. The quantitative estimate of drug-likeness (QED) is 0.749. The van der Waals surface area contributed by atoms with Crippen molar-refractivity contribution < 1.29 is 0 Å². The van der Waals surface area contributed by atoms with Crippen LogP contribution in [0.2, 0.25) is 0 Å². The Labute approximate surface area is 114 Å². The number of nitrogen functional groups attached to an aromatic ring is 1. The van der Waals surface area contributed by atoms with Gasteiger partial charge in [0.15, 0.2) is 5.13 Å². The van der Waals surface area contributed by atoms with Gasteiger partial charge in [-0.1, -0.05) is 24.3 Å². The first-order valence-corrected chi connectivity index (χ1v) is 7.36. The van der Waals surface area contributed by atoms with Gasteiger partial charge in [-0.25, -0.2) is 4.98 Å². The van der Waals surface area contributed by atoms with Crippen LogP contribution in [0.1, 0.15) is 4.88 Å². The van der Waals surface area contributed by atoms with E-state index in [9.17, 15) is 0 Å². The lowest BCUT2D eigenvalue weighted by Gasteiger charge is -2.06. The van der Waals surface area contributed by atoms with E-state index in [1.807, 2.05) is 6.07 Å². The fourth-order valence-electron chi connectivity index (χ4n) is 2.03. The summed E-state index contributed by atoms with van der Waals surface area (Å²) in [5.41, 5.74) is 10.4. The van der Waals surface area contributed by atoms with Gasteiger partial charge in [-0.3, -0.25) is 0 Å².